The van der Waals surface area contributed by atoms with Gasteiger partial charge in [0, 0.05) is 0 Å². The lowest BCUT2D eigenvalue weighted by molar-refractivity contribution is -0.348. The van der Waals surface area contributed by atoms with E-state index in [1.165, 1.54) is 16.7 Å². The van der Waals surface area contributed by atoms with E-state index in [0.29, 0.717) is 11.3 Å². The molecule has 0 saturated heterocycles. The average molecular weight is 277 g/mol. The van der Waals surface area contributed by atoms with E-state index >= 15 is 0 Å². The number of pyridine rings is 2. The highest BCUT2D eigenvalue weighted by Crippen LogP contribution is 2.17. The monoisotopic (exact) mass is 277 g/mol. The lowest BCUT2D eigenvalue weighted by Crippen LogP contribution is -2.25. The van der Waals surface area contributed by atoms with Gasteiger partial charge in [0.25, 0.3) is 5.65 Å². The first-order valence-corrected chi connectivity index (χ1v) is 6.15. The van der Waals surface area contributed by atoms with Crippen molar-refractivity contribution in [3.63, 3.8) is 0 Å². The maximum Gasteiger partial charge on any atom is 0.357 e. The number of aromatic nitrogens is 2. The van der Waals surface area contributed by atoms with Crippen LogP contribution in [0.4, 0.5) is 5.69 Å². The Kier molecular flexibility index (Phi) is 3.01. The molecule has 100 valence electrons. The van der Waals surface area contributed by atoms with Crippen LogP contribution in [0.1, 0.15) is 5.56 Å². The number of hydrogen-bond acceptors (Lipinski definition) is 4. The zero-order chi connectivity index (χ0) is 14.8. The van der Waals surface area contributed by atoms with E-state index in [0.717, 1.165) is 5.39 Å². The van der Waals surface area contributed by atoms with E-state index in [1.807, 2.05) is 12.1 Å². The van der Waals surface area contributed by atoms with E-state index < -0.39 is 5.56 Å². The van der Waals surface area contributed by atoms with Crippen molar-refractivity contribution in [3.8, 4) is 11.8 Å². The fourth-order valence-electron chi connectivity index (χ4n) is 2.18. The number of hydrogen-bond donors (Lipinski definition) is 0. The van der Waals surface area contributed by atoms with Gasteiger partial charge in [0.2, 0.25) is 0 Å². The van der Waals surface area contributed by atoms with Crippen molar-refractivity contribution in [2.75, 3.05) is 0 Å². The second-order valence-corrected chi connectivity index (χ2v) is 4.39. The van der Waals surface area contributed by atoms with Crippen LogP contribution < -0.4 is 10.5 Å². The molecule has 1 aromatic carbocycles. The molecule has 0 fully saturated rings. The Morgan fingerprint density at radius 2 is 1.95 bits per heavy atom. The number of rotatable bonds is 2. The van der Waals surface area contributed by atoms with Crippen molar-refractivity contribution < 1.29 is 4.98 Å². The summed E-state index contributed by atoms with van der Waals surface area (Å²) in [6.07, 6.45) is 1.70. The number of nitriles is 1. The highest BCUT2D eigenvalue weighted by atomic mass is 16.3. The van der Waals surface area contributed by atoms with Crippen LogP contribution in [-0.2, 0) is 0 Å². The third-order valence-corrected chi connectivity index (χ3v) is 3.16. The Hall–Kier alpha value is -3.33. The molecule has 2 heterocycles. The van der Waals surface area contributed by atoms with Crippen LogP contribution in [0.2, 0.25) is 0 Å². The summed E-state index contributed by atoms with van der Waals surface area (Å²) in [5.41, 5.74) is 1.04. The molecule has 21 heavy (non-hydrogen) atoms. The van der Waals surface area contributed by atoms with Crippen LogP contribution in [0.25, 0.3) is 16.7 Å². The van der Waals surface area contributed by atoms with Gasteiger partial charge in [0.1, 0.15) is 23.0 Å². The molecule has 0 saturated carbocycles. The molecule has 0 unspecified atom stereocenters. The van der Waals surface area contributed by atoms with Crippen LogP contribution >= 0.6 is 0 Å². The van der Waals surface area contributed by atoms with E-state index in [-0.39, 0.29) is 11.3 Å². The summed E-state index contributed by atoms with van der Waals surface area (Å²) >= 11 is 0. The summed E-state index contributed by atoms with van der Waals surface area (Å²) in [6, 6.07) is 13.3. The SMILES string of the molecule is N#Cc1cc2ccc[nH+]c2n(-c2ccc(N=O)cc2)c1=O. The molecule has 0 atom stereocenters. The van der Waals surface area contributed by atoms with Crippen LogP contribution in [0.15, 0.2) is 58.6 Å². The molecule has 2 aromatic heterocycles. The summed E-state index contributed by atoms with van der Waals surface area (Å²) in [6.45, 7) is 0. The molecule has 6 heteroatoms. The first kappa shape index (κ1) is 12.7. The lowest BCUT2D eigenvalue weighted by atomic mass is 10.2. The fourth-order valence-corrected chi connectivity index (χ4v) is 2.18. The molecule has 0 aliphatic rings. The quantitative estimate of drug-likeness (QED) is 0.671. The Bertz CT molecular complexity index is 937. The van der Waals surface area contributed by atoms with E-state index in [9.17, 15) is 9.70 Å². The number of nitrogens with zero attached hydrogens (tertiary/aromatic N) is 3. The fraction of sp³-hybridized carbons (Fsp3) is 0. The molecule has 0 spiro atoms. The smallest absolute Gasteiger partial charge is 0.246 e. The topological polar surface area (TPSA) is 89.4 Å². The van der Waals surface area contributed by atoms with Crippen molar-refractivity contribution in [1.29, 1.82) is 5.26 Å². The molecule has 0 amide bonds. The van der Waals surface area contributed by atoms with Crippen molar-refractivity contribution >= 4 is 16.7 Å². The Labute approximate surface area is 118 Å². The van der Waals surface area contributed by atoms with Gasteiger partial charge >= 0.3 is 5.56 Å². The minimum absolute atomic E-state index is 0.0553. The van der Waals surface area contributed by atoms with E-state index in [2.05, 4.69) is 10.2 Å². The zero-order valence-electron chi connectivity index (χ0n) is 10.8. The first-order valence-electron chi connectivity index (χ1n) is 6.15. The third-order valence-electron chi connectivity index (χ3n) is 3.16. The third kappa shape index (κ3) is 2.07. The second kappa shape index (κ2) is 4.98. The van der Waals surface area contributed by atoms with Crippen LogP contribution in [0.3, 0.4) is 0 Å². The summed E-state index contributed by atoms with van der Waals surface area (Å²) < 4.78 is 1.41. The van der Waals surface area contributed by atoms with Crippen LogP contribution in [0.5, 0.6) is 0 Å². The van der Waals surface area contributed by atoms with Gasteiger partial charge in [0.15, 0.2) is 0 Å². The number of nitroso groups, excluding NO2 is 1. The largest absolute Gasteiger partial charge is 0.357 e. The summed E-state index contributed by atoms with van der Waals surface area (Å²) in [4.78, 5) is 25.9. The second-order valence-electron chi connectivity index (χ2n) is 4.39. The highest BCUT2D eigenvalue weighted by Gasteiger charge is 2.18. The minimum atomic E-state index is -0.417. The molecule has 0 aliphatic carbocycles. The van der Waals surface area contributed by atoms with Gasteiger partial charge < -0.3 is 0 Å². The molecular weight excluding hydrogens is 268 g/mol. The van der Waals surface area contributed by atoms with Crippen LogP contribution in [-0.4, -0.2) is 4.57 Å². The average Bonchev–Trinajstić information content (AvgIpc) is 2.54. The van der Waals surface area contributed by atoms with Crippen molar-refractivity contribution in [2.45, 2.75) is 0 Å². The number of benzene rings is 1. The molecule has 6 nitrogen and oxygen atoms in total. The van der Waals surface area contributed by atoms with Gasteiger partial charge in [-0.05, 0) is 47.6 Å². The summed E-state index contributed by atoms with van der Waals surface area (Å²) in [7, 11) is 0. The van der Waals surface area contributed by atoms with Gasteiger partial charge in [-0.25, -0.2) is 9.78 Å². The predicted octanol–water partition coefficient (Wildman–Crippen LogP) is 2.07. The van der Waals surface area contributed by atoms with Crippen molar-refractivity contribution in [3.05, 3.63) is 69.5 Å². The van der Waals surface area contributed by atoms with Crippen molar-refractivity contribution in [1.82, 2.24) is 4.57 Å². The maximum absolute atomic E-state index is 12.4. The minimum Gasteiger partial charge on any atom is -0.246 e. The van der Waals surface area contributed by atoms with Gasteiger partial charge in [-0.2, -0.15) is 9.83 Å². The summed E-state index contributed by atoms with van der Waals surface area (Å²) in [5, 5.41) is 12.7. The molecule has 1 N–H and O–H groups in total. The van der Waals surface area contributed by atoms with Gasteiger partial charge in [-0.15, -0.1) is 4.91 Å². The zero-order valence-corrected chi connectivity index (χ0v) is 10.8. The first-order chi connectivity index (χ1) is 10.2. The number of aromatic amines is 1. The molecule has 0 aliphatic heterocycles. The highest BCUT2D eigenvalue weighted by molar-refractivity contribution is 5.75. The molecule has 0 bridgehead atoms. The molecule has 3 rings (SSSR count). The summed E-state index contributed by atoms with van der Waals surface area (Å²) in [5.74, 6) is 0. The van der Waals surface area contributed by atoms with Gasteiger partial charge in [-0.1, -0.05) is 0 Å². The number of nitrogens with one attached hydrogen (secondary N) is 1. The molecular formula is C15H9N4O2+. The van der Waals surface area contributed by atoms with Gasteiger partial charge in [-0.3, -0.25) is 0 Å². The van der Waals surface area contributed by atoms with E-state index in [1.54, 1.807) is 30.5 Å². The molecule has 0 radical (unpaired) electrons. The van der Waals surface area contributed by atoms with Crippen LogP contribution in [0, 0.1) is 16.2 Å². The predicted molar refractivity (Wildman–Crippen MR) is 76.3 cm³/mol. The van der Waals surface area contributed by atoms with E-state index in [4.69, 9.17) is 5.26 Å². The number of H-pyrrole nitrogens is 1. The Morgan fingerprint density at radius 1 is 1.19 bits per heavy atom. The molecule has 3 aromatic rings. The standard InChI is InChI=1S/C15H8N4O2/c16-9-11-8-10-2-1-7-17-14(10)19(15(11)20)13-5-3-12(18-21)4-6-13/h1-8H/p+1. The van der Waals surface area contributed by atoms with Crippen molar-refractivity contribution in [2.24, 2.45) is 5.18 Å². The Morgan fingerprint density at radius 3 is 2.62 bits per heavy atom. The number of fused-ring (bicyclic) bond motifs is 1. The normalized spacial score (nSPS) is 10.2. The van der Waals surface area contributed by atoms with Gasteiger partial charge in [0.05, 0.1) is 11.6 Å². The maximum atomic E-state index is 12.4. The Balaban J connectivity index is 2.39. The lowest BCUT2D eigenvalue weighted by Gasteiger charge is -2.03.